The molecule has 2 aliphatic rings. The molecule has 2 heterocycles. The summed E-state index contributed by atoms with van der Waals surface area (Å²) >= 11 is 0. The van der Waals surface area contributed by atoms with Crippen molar-refractivity contribution in [3.05, 3.63) is 65.2 Å². The number of nitrogens with zero attached hydrogens (tertiary/aromatic N) is 2. The summed E-state index contributed by atoms with van der Waals surface area (Å²) in [5.74, 6) is -0.0659. The van der Waals surface area contributed by atoms with E-state index in [-0.39, 0.29) is 11.3 Å². The molecule has 0 bridgehead atoms. The van der Waals surface area contributed by atoms with Crippen LogP contribution >= 0.6 is 0 Å². The zero-order valence-corrected chi connectivity index (χ0v) is 21.7. The molecule has 1 amide bonds. The van der Waals surface area contributed by atoms with E-state index < -0.39 is 17.7 Å². The lowest BCUT2D eigenvalue weighted by Gasteiger charge is -2.31. The molecule has 4 rings (SSSR count). The SMILES string of the molecule is CCCOc1ccc(/C(O)=C2\C(=O)C(=O)N(CCN3CCOCC3)[C@H]2c2ccc(OCCC)cc2)cc1. The number of hydrogen-bond donors (Lipinski definition) is 1. The lowest BCUT2D eigenvalue weighted by atomic mass is 9.95. The lowest BCUT2D eigenvalue weighted by Crippen LogP contribution is -2.42. The molecular weight excluding hydrogens is 472 g/mol. The van der Waals surface area contributed by atoms with Gasteiger partial charge in [-0.25, -0.2) is 0 Å². The van der Waals surface area contributed by atoms with Crippen LogP contribution in [-0.4, -0.2) is 79.2 Å². The molecule has 2 aliphatic heterocycles. The standard InChI is InChI=1S/C29H36N2O6/c1-3-17-36-23-9-5-21(6-10-23)26-25(27(32)22-7-11-24(12-8-22)37-18-4-2)28(33)29(34)31(26)14-13-30-15-19-35-20-16-30/h5-12,26,32H,3-4,13-20H2,1-2H3/b27-25+/t26-/m0/s1. The van der Waals surface area contributed by atoms with Crippen LogP contribution in [0.1, 0.15) is 43.9 Å². The highest BCUT2D eigenvalue weighted by molar-refractivity contribution is 6.46. The van der Waals surface area contributed by atoms with Gasteiger partial charge in [-0.2, -0.15) is 0 Å². The van der Waals surface area contributed by atoms with Gasteiger partial charge in [0.05, 0.1) is 38.0 Å². The Morgan fingerprint density at radius 2 is 1.46 bits per heavy atom. The van der Waals surface area contributed by atoms with E-state index in [1.807, 2.05) is 38.1 Å². The highest BCUT2D eigenvalue weighted by Gasteiger charge is 2.46. The average Bonchev–Trinajstić information content (AvgIpc) is 3.19. The van der Waals surface area contributed by atoms with Gasteiger partial charge in [-0.3, -0.25) is 14.5 Å². The van der Waals surface area contributed by atoms with E-state index >= 15 is 0 Å². The van der Waals surface area contributed by atoms with Crippen LogP contribution in [-0.2, 0) is 14.3 Å². The number of benzene rings is 2. The Labute approximate surface area is 218 Å². The summed E-state index contributed by atoms with van der Waals surface area (Å²) in [5, 5.41) is 11.3. The minimum atomic E-state index is -0.697. The molecule has 2 aromatic carbocycles. The van der Waals surface area contributed by atoms with Crippen molar-refractivity contribution in [3.8, 4) is 11.5 Å². The third kappa shape index (κ3) is 6.32. The highest BCUT2D eigenvalue weighted by atomic mass is 16.5. The molecular formula is C29H36N2O6. The molecule has 2 aromatic rings. The molecule has 1 atom stereocenters. The number of likely N-dealkylation sites (tertiary alicyclic amines) is 1. The highest BCUT2D eigenvalue weighted by Crippen LogP contribution is 2.40. The summed E-state index contributed by atoms with van der Waals surface area (Å²) in [6, 6.07) is 13.6. The number of rotatable bonds is 11. The van der Waals surface area contributed by atoms with Gasteiger partial charge < -0.3 is 24.2 Å². The Hall–Kier alpha value is -3.36. The van der Waals surface area contributed by atoms with E-state index in [0.29, 0.717) is 50.8 Å². The van der Waals surface area contributed by atoms with Crippen LogP contribution < -0.4 is 9.47 Å². The third-order valence-corrected chi connectivity index (χ3v) is 6.57. The molecule has 8 nitrogen and oxygen atoms in total. The van der Waals surface area contributed by atoms with Gasteiger partial charge in [0.15, 0.2) is 0 Å². The van der Waals surface area contributed by atoms with E-state index in [4.69, 9.17) is 14.2 Å². The van der Waals surface area contributed by atoms with Gasteiger partial charge >= 0.3 is 0 Å². The van der Waals surface area contributed by atoms with Gasteiger partial charge in [-0.15, -0.1) is 0 Å². The van der Waals surface area contributed by atoms with Crippen molar-refractivity contribution >= 4 is 17.4 Å². The van der Waals surface area contributed by atoms with Gasteiger partial charge in [0.2, 0.25) is 0 Å². The fourth-order valence-electron chi connectivity index (χ4n) is 4.58. The van der Waals surface area contributed by atoms with Crippen LogP contribution in [0.2, 0.25) is 0 Å². The quantitative estimate of drug-likeness (QED) is 0.279. The molecule has 8 heteroatoms. The topological polar surface area (TPSA) is 88.5 Å². The van der Waals surface area contributed by atoms with Gasteiger partial charge in [-0.1, -0.05) is 26.0 Å². The van der Waals surface area contributed by atoms with Crippen molar-refractivity contribution < 1.29 is 28.9 Å². The molecule has 2 saturated heterocycles. The maximum atomic E-state index is 13.3. The van der Waals surface area contributed by atoms with Gasteiger partial charge in [0.1, 0.15) is 17.3 Å². The number of aliphatic hydroxyl groups excluding tert-OH is 1. The average molecular weight is 509 g/mol. The van der Waals surface area contributed by atoms with E-state index in [9.17, 15) is 14.7 Å². The van der Waals surface area contributed by atoms with Crippen molar-refractivity contribution in [1.82, 2.24) is 9.80 Å². The summed E-state index contributed by atoms with van der Waals surface area (Å²) in [6.45, 7) is 9.12. The number of aliphatic hydroxyl groups is 1. The Morgan fingerprint density at radius 3 is 2.03 bits per heavy atom. The van der Waals surface area contributed by atoms with Gasteiger partial charge in [-0.05, 0) is 54.8 Å². The van der Waals surface area contributed by atoms with Crippen molar-refractivity contribution in [3.63, 3.8) is 0 Å². The fourth-order valence-corrected chi connectivity index (χ4v) is 4.58. The van der Waals surface area contributed by atoms with E-state index in [1.54, 1.807) is 29.2 Å². The molecule has 0 radical (unpaired) electrons. The predicted octanol–water partition coefficient (Wildman–Crippen LogP) is 4.02. The van der Waals surface area contributed by atoms with Crippen molar-refractivity contribution in [2.24, 2.45) is 0 Å². The summed E-state index contributed by atoms with van der Waals surface area (Å²) in [6.07, 6.45) is 1.78. The van der Waals surface area contributed by atoms with Crippen molar-refractivity contribution in [2.45, 2.75) is 32.7 Å². The number of amides is 1. The predicted molar refractivity (Wildman–Crippen MR) is 141 cm³/mol. The Kier molecular flexibility index (Phi) is 9.19. The maximum absolute atomic E-state index is 13.3. The number of hydrogen-bond acceptors (Lipinski definition) is 7. The third-order valence-electron chi connectivity index (χ3n) is 6.57. The van der Waals surface area contributed by atoms with Gasteiger partial charge in [0.25, 0.3) is 11.7 Å². The summed E-state index contributed by atoms with van der Waals surface area (Å²) < 4.78 is 16.8. The summed E-state index contributed by atoms with van der Waals surface area (Å²) in [7, 11) is 0. The van der Waals surface area contributed by atoms with E-state index in [2.05, 4.69) is 4.90 Å². The molecule has 0 aliphatic carbocycles. The molecule has 2 fully saturated rings. The second-order valence-corrected chi connectivity index (χ2v) is 9.24. The Balaban J connectivity index is 1.67. The van der Waals surface area contributed by atoms with Crippen LogP contribution in [0.15, 0.2) is 54.1 Å². The summed E-state index contributed by atoms with van der Waals surface area (Å²) in [4.78, 5) is 30.3. The lowest BCUT2D eigenvalue weighted by molar-refractivity contribution is -0.140. The fraction of sp³-hybridized carbons (Fsp3) is 0.448. The first kappa shape index (κ1) is 26.7. The molecule has 37 heavy (non-hydrogen) atoms. The zero-order chi connectivity index (χ0) is 26.2. The van der Waals surface area contributed by atoms with Crippen LogP contribution in [0.3, 0.4) is 0 Å². The van der Waals surface area contributed by atoms with Crippen LogP contribution in [0.4, 0.5) is 0 Å². The van der Waals surface area contributed by atoms with Crippen molar-refractivity contribution in [1.29, 1.82) is 0 Å². The Bertz CT molecular complexity index is 1090. The molecule has 0 saturated carbocycles. The number of carbonyl (C=O) groups excluding carboxylic acids is 2. The zero-order valence-electron chi connectivity index (χ0n) is 21.7. The number of carbonyl (C=O) groups is 2. The number of Topliss-reactive ketones (excluding diaryl/α,β-unsaturated/α-hetero) is 1. The van der Waals surface area contributed by atoms with E-state index in [1.165, 1.54) is 0 Å². The van der Waals surface area contributed by atoms with Crippen molar-refractivity contribution in [2.75, 3.05) is 52.6 Å². The second kappa shape index (κ2) is 12.7. The first-order valence-corrected chi connectivity index (χ1v) is 13.1. The number of morpholine rings is 1. The van der Waals surface area contributed by atoms with Crippen LogP contribution in [0, 0.1) is 0 Å². The number of ether oxygens (including phenoxy) is 3. The first-order valence-electron chi connectivity index (χ1n) is 13.1. The monoisotopic (exact) mass is 508 g/mol. The molecule has 0 unspecified atom stereocenters. The molecule has 198 valence electrons. The number of ketones is 1. The van der Waals surface area contributed by atoms with E-state index in [0.717, 1.165) is 37.2 Å². The minimum Gasteiger partial charge on any atom is -0.507 e. The normalized spacial score (nSPS) is 19.8. The largest absolute Gasteiger partial charge is 0.507 e. The van der Waals surface area contributed by atoms with Crippen LogP contribution in [0.25, 0.3) is 5.76 Å². The second-order valence-electron chi connectivity index (χ2n) is 9.24. The first-order chi connectivity index (χ1) is 18.0. The maximum Gasteiger partial charge on any atom is 0.295 e. The van der Waals surface area contributed by atoms with Gasteiger partial charge in [0, 0.05) is 31.7 Å². The minimum absolute atomic E-state index is 0.0939. The molecule has 0 spiro atoms. The van der Waals surface area contributed by atoms with Crippen LogP contribution in [0.5, 0.6) is 11.5 Å². The molecule has 0 aromatic heterocycles. The Morgan fingerprint density at radius 1 is 0.892 bits per heavy atom. The molecule has 1 N–H and O–H groups in total. The smallest absolute Gasteiger partial charge is 0.295 e. The summed E-state index contributed by atoms with van der Waals surface area (Å²) in [5.41, 5.74) is 1.30.